The van der Waals surface area contributed by atoms with Crippen molar-refractivity contribution >= 4 is 15.8 Å². The highest BCUT2D eigenvalue weighted by Crippen LogP contribution is 2.24. The third-order valence-electron chi connectivity index (χ3n) is 3.52. The Bertz CT molecular complexity index is 540. The summed E-state index contributed by atoms with van der Waals surface area (Å²) in [4.78, 5) is -0.0136. The van der Waals surface area contributed by atoms with E-state index in [0.717, 1.165) is 25.7 Å². The summed E-state index contributed by atoms with van der Waals surface area (Å²) in [5.74, 6) is -0.0411. The van der Waals surface area contributed by atoms with Gasteiger partial charge in [0.2, 0.25) is 10.0 Å². The molecule has 0 amide bonds. The summed E-state index contributed by atoms with van der Waals surface area (Å²) in [6, 6.07) is 0. The SMILES string of the molecule is Cn1cc(S(=O)(=O)NCC2CCCCC2O)c(N)n1. The van der Waals surface area contributed by atoms with Crippen LogP contribution in [0.3, 0.4) is 0 Å². The van der Waals surface area contributed by atoms with Crippen LogP contribution in [-0.2, 0) is 17.1 Å². The van der Waals surface area contributed by atoms with Crippen LogP contribution in [0.25, 0.3) is 0 Å². The van der Waals surface area contributed by atoms with Crippen LogP contribution in [0.1, 0.15) is 25.7 Å². The monoisotopic (exact) mass is 288 g/mol. The van der Waals surface area contributed by atoms with Gasteiger partial charge in [-0.2, -0.15) is 5.10 Å². The van der Waals surface area contributed by atoms with Gasteiger partial charge in [0, 0.05) is 19.8 Å². The number of rotatable bonds is 4. The quantitative estimate of drug-likeness (QED) is 0.712. The number of aliphatic hydroxyl groups is 1. The molecule has 108 valence electrons. The minimum absolute atomic E-state index is 0.0136. The molecular formula is C11H20N4O3S. The Hall–Kier alpha value is -1.12. The van der Waals surface area contributed by atoms with Crippen molar-refractivity contribution in [1.29, 1.82) is 0 Å². The summed E-state index contributed by atoms with van der Waals surface area (Å²) < 4.78 is 28.0. The number of nitrogen functional groups attached to an aromatic ring is 1. The van der Waals surface area contributed by atoms with Gasteiger partial charge in [-0.1, -0.05) is 12.8 Å². The number of nitrogens with two attached hydrogens (primary N) is 1. The lowest BCUT2D eigenvalue weighted by Crippen LogP contribution is -2.36. The van der Waals surface area contributed by atoms with Gasteiger partial charge in [0.1, 0.15) is 4.90 Å². The third kappa shape index (κ3) is 3.26. The molecule has 1 fully saturated rings. The Morgan fingerprint density at radius 1 is 1.53 bits per heavy atom. The first-order valence-electron chi connectivity index (χ1n) is 6.37. The van der Waals surface area contributed by atoms with E-state index >= 15 is 0 Å². The number of anilines is 1. The molecule has 0 saturated heterocycles. The number of aryl methyl sites for hydroxylation is 1. The number of aromatic nitrogens is 2. The van der Waals surface area contributed by atoms with Crippen LogP contribution in [0.15, 0.2) is 11.1 Å². The molecule has 2 unspecified atom stereocenters. The molecule has 2 rings (SSSR count). The average molecular weight is 288 g/mol. The zero-order valence-corrected chi connectivity index (χ0v) is 11.7. The van der Waals surface area contributed by atoms with Gasteiger partial charge in [-0.3, -0.25) is 4.68 Å². The molecule has 2 atom stereocenters. The number of nitrogens with one attached hydrogen (secondary N) is 1. The number of aliphatic hydroxyl groups excluding tert-OH is 1. The Kier molecular flexibility index (Phi) is 4.12. The number of hydrogen-bond donors (Lipinski definition) is 3. The van der Waals surface area contributed by atoms with Gasteiger partial charge in [0.15, 0.2) is 5.82 Å². The molecule has 1 aliphatic carbocycles. The number of nitrogens with zero attached hydrogens (tertiary/aromatic N) is 2. The molecule has 8 heteroatoms. The van der Waals surface area contributed by atoms with E-state index in [1.54, 1.807) is 7.05 Å². The van der Waals surface area contributed by atoms with Gasteiger partial charge < -0.3 is 10.8 Å². The summed E-state index contributed by atoms with van der Waals surface area (Å²) in [7, 11) is -2.05. The lowest BCUT2D eigenvalue weighted by molar-refractivity contribution is 0.0724. The van der Waals surface area contributed by atoms with E-state index in [4.69, 9.17) is 5.73 Å². The second-order valence-corrected chi connectivity index (χ2v) is 6.75. The van der Waals surface area contributed by atoms with E-state index in [9.17, 15) is 13.5 Å². The normalized spacial score (nSPS) is 24.5. The van der Waals surface area contributed by atoms with Crippen molar-refractivity contribution in [2.45, 2.75) is 36.7 Å². The van der Waals surface area contributed by atoms with E-state index in [0.29, 0.717) is 0 Å². The predicted octanol–water partition coefficient (Wildman–Crippen LogP) is -0.168. The van der Waals surface area contributed by atoms with E-state index in [-0.39, 0.29) is 23.2 Å². The lowest BCUT2D eigenvalue weighted by atomic mass is 9.87. The van der Waals surface area contributed by atoms with Crippen molar-refractivity contribution in [2.24, 2.45) is 13.0 Å². The first-order chi connectivity index (χ1) is 8.90. The van der Waals surface area contributed by atoms with Crippen LogP contribution in [0, 0.1) is 5.92 Å². The molecule has 1 aromatic rings. The molecular weight excluding hydrogens is 268 g/mol. The molecule has 19 heavy (non-hydrogen) atoms. The first kappa shape index (κ1) is 14.3. The molecule has 0 bridgehead atoms. The highest BCUT2D eigenvalue weighted by atomic mass is 32.2. The molecule has 0 aliphatic heterocycles. The lowest BCUT2D eigenvalue weighted by Gasteiger charge is -2.27. The molecule has 0 radical (unpaired) electrons. The fraction of sp³-hybridized carbons (Fsp3) is 0.727. The summed E-state index contributed by atoms with van der Waals surface area (Å²) in [5.41, 5.74) is 5.56. The highest BCUT2D eigenvalue weighted by molar-refractivity contribution is 7.89. The minimum Gasteiger partial charge on any atom is -0.393 e. The van der Waals surface area contributed by atoms with Gasteiger partial charge in [-0.15, -0.1) is 0 Å². The standard InChI is InChI=1S/C11H20N4O3S/c1-15-7-10(11(12)14-15)19(17,18)13-6-8-4-2-3-5-9(8)16/h7-9,13,16H,2-6H2,1H3,(H2,12,14). The maximum absolute atomic E-state index is 12.1. The van der Waals surface area contributed by atoms with Crippen molar-refractivity contribution in [3.05, 3.63) is 6.20 Å². The molecule has 7 nitrogen and oxygen atoms in total. The van der Waals surface area contributed by atoms with Gasteiger partial charge >= 0.3 is 0 Å². The second kappa shape index (κ2) is 5.48. The Labute approximate surface area is 112 Å². The van der Waals surface area contributed by atoms with Crippen molar-refractivity contribution in [2.75, 3.05) is 12.3 Å². The van der Waals surface area contributed by atoms with Gasteiger partial charge in [0.05, 0.1) is 6.10 Å². The van der Waals surface area contributed by atoms with Gasteiger partial charge in [-0.25, -0.2) is 13.1 Å². The Morgan fingerprint density at radius 3 is 2.79 bits per heavy atom. The van der Waals surface area contributed by atoms with Gasteiger partial charge in [0.25, 0.3) is 0 Å². The predicted molar refractivity (Wildman–Crippen MR) is 70.8 cm³/mol. The molecule has 1 saturated carbocycles. The van der Waals surface area contributed by atoms with E-state index in [1.807, 2.05) is 0 Å². The van der Waals surface area contributed by atoms with E-state index < -0.39 is 16.1 Å². The summed E-state index contributed by atoms with van der Waals surface area (Å²) in [5, 5.41) is 13.6. The Morgan fingerprint density at radius 2 is 2.21 bits per heavy atom. The maximum Gasteiger partial charge on any atom is 0.245 e. The average Bonchev–Trinajstić information content (AvgIpc) is 2.68. The van der Waals surface area contributed by atoms with Crippen LogP contribution < -0.4 is 10.5 Å². The van der Waals surface area contributed by atoms with Crippen LogP contribution in [0.4, 0.5) is 5.82 Å². The van der Waals surface area contributed by atoms with Crippen LogP contribution in [0.5, 0.6) is 0 Å². The first-order valence-corrected chi connectivity index (χ1v) is 7.85. The van der Waals surface area contributed by atoms with Crippen LogP contribution >= 0.6 is 0 Å². The van der Waals surface area contributed by atoms with Crippen molar-refractivity contribution in [3.63, 3.8) is 0 Å². The molecule has 1 aromatic heterocycles. The number of sulfonamides is 1. The maximum atomic E-state index is 12.1. The molecule has 1 heterocycles. The zero-order chi connectivity index (χ0) is 14.0. The molecule has 0 spiro atoms. The van der Waals surface area contributed by atoms with E-state index in [2.05, 4.69) is 9.82 Å². The van der Waals surface area contributed by atoms with Gasteiger partial charge in [-0.05, 0) is 18.8 Å². The summed E-state index contributed by atoms with van der Waals surface area (Å²) >= 11 is 0. The molecule has 4 N–H and O–H groups in total. The van der Waals surface area contributed by atoms with Crippen molar-refractivity contribution < 1.29 is 13.5 Å². The second-order valence-electron chi connectivity index (χ2n) is 5.02. The minimum atomic E-state index is -3.66. The molecule has 0 aromatic carbocycles. The summed E-state index contributed by atoms with van der Waals surface area (Å²) in [6.07, 6.45) is 4.55. The number of hydrogen-bond acceptors (Lipinski definition) is 5. The largest absolute Gasteiger partial charge is 0.393 e. The fourth-order valence-corrected chi connectivity index (χ4v) is 3.61. The zero-order valence-electron chi connectivity index (χ0n) is 10.9. The smallest absolute Gasteiger partial charge is 0.245 e. The fourth-order valence-electron chi connectivity index (χ4n) is 2.41. The van der Waals surface area contributed by atoms with Crippen molar-refractivity contribution in [3.8, 4) is 0 Å². The van der Waals surface area contributed by atoms with Crippen LogP contribution in [-0.4, -0.2) is 36.0 Å². The van der Waals surface area contributed by atoms with E-state index in [1.165, 1.54) is 10.9 Å². The molecule has 1 aliphatic rings. The summed E-state index contributed by atoms with van der Waals surface area (Å²) in [6.45, 7) is 0.234. The highest BCUT2D eigenvalue weighted by Gasteiger charge is 2.26. The third-order valence-corrected chi connectivity index (χ3v) is 4.96. The Balaban J connectivity index is 2.03. The topological polar surface area (TPSA) is 110 Å². The van der Waals surface area contributed by atoms with Crippen molar-refractivity contribution in [1.82, 2.24) is 14.5 Å². The van der Waals surface area contributed by atoms with Crippen LogP contribution in [0.2, 0.25) is 0 Å².